The molecule has 4 atom stereocenters. The van der Waals surface area contributed by atoms with E-state index in [4.69, 9.17) is 24.6 Å². The van der Waals surface area contributed by atoms with Crippen molar-refractivity contribution in [1.82, 2.24) is 48.6 Å². The quantitative estimate of drug-likeness (QED) is 0.0738. The number of nitrogens with zero attached hydrogens (tertiary/aromatic N) is 9. The fourth-order valence-electron chi connectivity index (χ4n) is 14.4. The summed E-state index contributed by atoms with van der Waals surface area (Å²) in [6.07, 6.45) is 7.96. The zero-order valence-corrected chi connectivity index (χ0v) is 55.8. The van der Waals surface area contributed by atoms with E-state index in [1.54, 1.807) is 44.3 Å². The maximum Gasteiger partial charge on any atom is 0.328 e. The first-order chi connectivity index (χ1) is 46.3. The molecule has 13 aromatic rings. The molecule has 2 aliphatic carbocycles. The van der Waals surface area contributed by atoms with Gasteiger partial charge in [-0.05, 0) is 127 Å². The van der Waals surface area contributed by atoms with Crippen LogP contribution in [0.3, 0.4) is 0 Å². The highest BCUT2D eigenvalue weighted by Crippen LogP contribution is 2.48. The monoisotopic (exact) mass is 1320 g/mol. The fraction of sp³-hybridized carbons (Fsp3) is 0.213. The Morgan fingerprint density at radius 2 is 0.927 bits per heavy atom. The molecular formula is C75H70F4N12O3Si2. The minimum absolute atomic E-state index is 0.211. The number of fused-ring (bicyclic) bond motifs is 5. The molecule has 5 aromatic heterocycles. The van der Waals surface area contributed by atoms with Gasteiger partial charge in [0, 0.05) is 12.1 Å². The number of nitrogen functional groups attached to an aromatic ring is 1. The van der Waals surface area contributed by atoms with Crippen LogP contribution in [0, 0.1) is 23.3 Å². The average molecular weight is 1320 g/mol. The number of anilines is 2. The molecule has 0 bridgehead atoms. The number of rotatable bonds is 13. The number of halogens is 4. The molecule has 96 heavy (non-hydrogen) atoms. The summed E-state index contributed by atoms with van der Waals surface area (Å²) >= 11 is 0. The van der Waals surface area contributed by atoms with Gasteiger partial charge in [0.25, 0.3) is 16.6 Å². The molecule has 0 spiro atoms. The van der Waals surface area contributed by atoms with E-state index in [1.165, 1.54) is 71.6 Å². The lowest BCUT2D eigenvalue weighted by atomic mass is 9.85. The van der Waals surface area contributed by atoms with Crippen LogP contribution in [0.1, 0.15) is 114 Å². The Morgan fingerprint density at radius 3 is 1.42 bits per heavy atom. The molecule has 4 N–H and O–H groups in total. The first-order valence-corrected chi connectivity index (χ1v) is 35.9. The van der Waals surface area contributed by atoms with Crippen molar-refractivity contribution in [3.8, 4) is 11.9 Å². The highest BCUT2D eigenvalue weighted by Gasteiger charge is 2.54. The number of imidazole rings is 3. The van der Waals surface area contributed by atoms with Gasteiger partial charge in [0.15, 0.2) is 11.5 Å². The van der Waals surface area contributed by atoms with Gasteiger partial charge in [0.05, 0.1) is 64.4 Å². The minimum atomic E-state index is -2.95. The third kappa shape index (κ3) is 11.5. The second-order valence-electron chi connectivity index (χ2n) is 26.6. The Hall–Kier alpha value is -10.2. The highest BCUT2D eigenvalue weighted by molar-refractivity contribution is 7.00. The van der Waals surface area contributed by atoms with Crippen molar-refractivity contribution in [1.29, 1.82) is 0 Å². The van der Waals surface area contributed by atoms with Crippen molar-refractivity contribution < 1.29 is 26.4 Å². The predicted octanol–water partition coefficient (Wildman–Crippen LogP) is 14.0. The Balaban J connectivity index is 0.000000165. The van der Waals surface area contributed by atoms with Crippen LogP contribution in [0.25, 0.3) is 45.1 Å². The molecule has 15 rings (SSSR count). The molecule has 0 amide bonds. The second-order valence-corrected chi connectivity index (χ2v) is 35.1. The zero-order valence-electron chi connectivity index (χ0n) is 53.8. The van der Waals surface area contributed by atoms with Crippen LogP contribution in [0.4, 0.5) is 29.1 Å². The van der Waals surface area contributed by atoms with Crippen molar-refractivity contribution in [2.45, 2.75) is 102 Å². The topological polar surface area (TPSA) is 181 Å². The third-order valence-electron chi connectivity index (χ3n) is 18.7. The Kier molecular flexibility index (Phi) is 16.6. The molecule has 0 saturated carbocycles. The van der Waals surface area contributed by atoms with Crippen molar-refractivity contribution in [3.05, 3.63) is 275 Å². The molecule has 0 fully saturated rings. The molecule has 21 heteroatoms. The van der Waals surface area contributed by atoms with E-state index in [1.807, 2.05) is 30.3 Å². The number of aromatic amines is 1. The van der Waals surface area contributed by atoms with Gasteiger partial charge in [0.1, 0.15) is 41.4 Å². The number of nitrogens with one attached hydrogen (secondary N) is 2. The fourth-order valence-corrected chi connectivity index (χ4v) is 23.7. The smallest absolute Gasteiger partial charge is 0.328 e. The molecule has 0 aliphatic heterocycles. The summed E-state index contributed by atoms with van der Waals surface area (Å²) < 4.78 is 78.2. The molecular weight excluding hydrogens is 1250 g/mol. The molecule has 0 unspecified atom stereocenters. The van der Waals surface area contributed by atoms with E-state index < -0.39 is 34.3 Å². The maximum absolute atomic E-state index is 15.1. The Labute approximate surface area is 554 Å². The summed E-state index contributed by atoms with van der Waals surface area (Å²) in [5.41, 5.74) is 12.6. The summed E-state index contributed by atoms with van der Waals surface area (Å²) in [7, 11) is -5.83. The van der Waals surface area contributed by atoms with Crippen LogP contribution in [-0.4, -0.2) is 65.2 Å². The van der Waals surface area contributed by atoms with Gasteiger partial charge < -0.3 is 24.9 Å². The molecule has 2 aliphatic rings. The molecule has 15 nitrogen and oxygen atoms in total. The zero-order chi connectivity index (χ0) is 66.7. The van der Waals surface area contributed by atoms with E-state index in [9.17, 15) is 18.0 Å². The van der Waals surface area contributed by atoms with Crippen molar-refractivity contribution in [3.63, 3.8) is 0 Å². The van der Waals surface area contributed by atoms with Crippen LogP contribution >= 0.6 is 0 Å². The largest absolute Gasteiger partial charge is 0.400 e. The Bertz CT molecular complexity index is 4980. The Morgan fingerprint density at radius 1 is 0.500 bits per heavy atom. The van der Waals surface area contributed by atoms with Crippen molar-refractivity contribution in [2.24, 2.45) is 0 Å². The van der Waals surface area contributed by atoms with Gasteiger partial charge in [-0.3, -0.25) is 13.7 Å². The number of hydrogen-bond acceptors (Lipinski definition) is 11. The number of benzene rings is 8. The van der Waals surface area contributed by atoms with E-state index in [0.717, 1.165) is 27.1 Å². The van der Waals surface area contributed by atoms with Crippen LogP contribution in [0.15, 0.2) is 224 Å². The first kappa shape index (κ1) is 63.2. The SMILES string of the molecule is CC(C)(C)[Si](O[C@@H]1CC[C@@H](Nc2nc(-n3cnc4ccc(F)cc43)ncc2N)c2cc(F)ccc21)(c1ccccc1)c1ccccc1.CC(C)(C)[Si](O[C@@H]1CC[C@@H](n2c(=O)[nH]c3cnc(-n4cnc5ccc(F)cc54)nc32)c2cc(F)ccc21)(c1ccccc1)c1ccccc1. The van der Waals surface area contributed by atoms with Gasteiger partial charge in [-0.15, -0.1) is 0 Å². The number of nitrogens with two attached hydrogens (primary N) is 1. The van der Waals surface area contributed by atoms with Crippen LogP contribution in [-0.2, 0) is 8.85 Å². The summed E-state index contributed by atoms with van der Waals surface area (Å²) in [6, 6.07) is 59.5. The van der Waals surface area contributed by atoms with E-state index in [-0.39, 0.29) is 57.5 Å². The minimum Gasteiger partial charge on any atom is -0.400 e. The molecule has 0 radical (unpaired) electrons. The van der Waals surface area contributed by atoms with Crippen LogP contribution in [0.5, 0.6) is 0 Å². The molecule has 484 valence electrons. The van der Waals surface area contributed by atoms with E-state index in [0.29, 0.717) is 76.0 Å². The van der Waals surface area contributed by atoms with Crippen LogP contribution < -0.4 is 37.5 Å². The lowest BCUT2D eigenvalue weighted by Gasteiger charge is -2.46. The maximum atomic E-state index is 15.1. The van der Waals surface area contributed by atoms with Gasteiger partial charge in [-0.25, -0.2) is 42.3 Å². The molecule has 5 heterocycles. The van der Waals surface area contributed by atoms with Crippen LogP contribution in [0.2, 0.25) is 10.1 Å². The van der Waals surface area contributed by atoms with Gasteiger partial charge in [0.2, 0.25) is 11.9 Å². The van der Waals surface area contributed by atoms with Crippen molar-refractivity contribution >= 4 is 82.1 Å². The number of aromatic nitrogens is 10. The summed E-state index contributed by atoms with van der Waals surface area (Å²) in [4.78, 5) is 43.6. The first-order valence-electron chi connectivity index (χ1n) is 32.1. The van der Waals surface area contributed by atoms with Gasteiger partial charge >= 0.3 is 5.69 Å². The summed E-state index contributed by atoms with van der Waals surface area (Å²) in [6.45, 7) is 13.5. The number of hydrogen-bond donors (Lipinski definition) is 3. The average Bonchev–Trinajstić information content (AvgIpc) is 1.01. The van der Waals surface area contributed by atoms with E-state index >= 15 is 4.39 Å². The molecule has 0 saturated heterocycles. The van der Waals surface area contributed by atoms with Crippen molar-refractivity contribution in [2.75, 3.05) is 11.1 Å². The normalized spacial score (nSPS) is 16.6. The standard InChI is InChI=1S/C38H34F2N6O2Si.C37H36F2N6OSi/c1-38(2,3)49(26-10-6-4-7-11-26,27-12-8-5-9-13-27)48-34-19-18-32(29-20-24(39)14-16-28(29)34)46-35-31(43-37(46)47)22-41-36(44-35)45-23-42-30-17-15-25(40)21-33(30)45;1-37(2,3)47(26-10-6-4-7-11-26,27-12-8-5-9-13-27)46-34-19-18-31(29-20-24(38)14-16-28(29)34)43-35-30(40)22-41-36(44-35)45-23-42-32-17-15-25(39)21-33(32)45/h4-17,20-23,32,34H,18-19H2,1-3H3,(H,43,47);4-17,20-23,31,34H,18-19,40H2,1-3H3,(H,41,43,44)/t32-,34-;31-,34-/m11/s1. The lowest BCUT2D eigenvalue weighted by molar-refractivity contribution is 0.160. The van der Waals surface area contributed by atoms with Gasteiger partial charge in [-0.2, -0.15) is 9.97 Å². The van der Waals surface area contributed by atoms with Gasteiger partial charge in [-0.1, -0.05) is 175 Å². The number of H-pyrrole nitrogens is 1. The highest BCUT2D eigenvalue weighted by atomic mass is 28.4. The summed E-state index contributed by atoms with van der Waals surface area (Å²) in [5.74, 6) is -0.600. The lowest BCUT2D eigenvalue weighted by Crippen LogP contribution is -2.67. The van der Waals surface area contributed by atoms with E-state index in [2.05, 4.69) is 169 Å². The summed E-state index contributed by atoms with van der Waals surface area (Å²) in [5, 5.41) is 7.70. The molecule has 8 aromatic carbocycles. The predicted molar refractivity (Wildman–Crippen MR) is 372 cm³/mol. The third-order valence-corrected chi connectivity index (χ3v) is 28.8. The second kappa shape index (κ2) is 25.2.